The average molecular weight is 392 g/mol. The highest BCUT2D eigenvalue weighted by Gasteiger charge is 2.19. The second kappa shape index (κ2) is 7.94. The fraction of sp³-hybridized carbons (Fsp3) is 0.136. The van der Waals surface area contributed by atoms with Crippen molar-refractivity contribution < 1.29 is 0 Å². The van der Waals surface area contributed by atoms with E-state index >= 15 is 0 Å². The summed E-state index contributed by atoms with van der Waals surface area (Å²) in [6.45, 7) is 2.81. The van der Waals surface area contributed by atoms with Crippen molar-refractivity contribution in [2.45, 2.75) is 12.8 Å². The summed E-state index contributed by atoms with van der Waals surface area (Å²) >= 11 is 7.30. The Bertz CT molecular complexity index is 1050. The molecule has 0 radical (unpaired) electrons. The fourth-order valence-corrected chi connectivity index (χ4v) is 4.38. The molecular weight excluding hydrogens is 370 g/mol. The van der Waals surface area contributed by atoms with Gasteiger partial charge >= 0.3 is 0 Å². The lowest BCUT2D eigenvalue weighted by Gasteiger charge is -2.18. The van der Waals surface area contributed by atoms with E-state index in [4.69, 9.17) is 12.2 Å². The van der Waals surface area contributed by atoms with E-state index in [0.29, 0.717) is 5.11 Å². The third-order valence-electron chi connectivity index (χ3n) is 4.63. The number of hydrogen-bond acceptors (Lipinski definition) is 2. The molecule has 27 heavy (non-hydrogen) atoms. The SMILES string of the molecule is Cc1cccc(NC(=S)NC[C@H](c2cccs2)c2c[nH]c3ccccc23)c1. The van der Waals surface area contributed by atoms with Gasteiger partial charge in [-0.05, 0) is 59.9 Å². The molecule has 2 aromatic heterocycles. The number of H-pyrrole nitrogens is 1. The molecule has 0 unspecified atom stereocenters. The van der Waals surface area contributed by atoms with Crippen molar-refractivity contribution >= 4 is 45.3 Å². The molecule has 0 fully saturated rings. The van der Waals surface area contributed by atoms with Crippen molar-refractivity contribution in [3.8, 4) is 0 Å². The summed E-state index contributed by atoms with van der Waals surface area (Å²) in [5.41, 5.74) is 4.67. The Labute approximate surface area is 168 Å². The number of para-hydroxylation sites is 1. The Morgan fingerprint density at radius 1 is 1.11 bits per heavy atom. The van der Waals surface area contributed by atoms with Gasteiger partial charge in [-0.1, -0.05) is 36.4 Å². The minimum absolute atomic E-state index is 0.235. The Morgan fingerprint density at radius 3 is 2.81 bits per heavy atom. The van der Waals surface area contributed by atoms with Crippen LogP contribution in [-0.2, 0) is 0 Å². The number of aromatic nitrogens is 1. The zero-order valence-corrected chi connectivity index (χ0v) is 16.7. The first-order chi connectivity index (χ1) is 13.2. The molecule has 0 saturated carbocycles. The van der Waals surface area contributed by atoms with E-state index in [1.54, 1.807) is 11.3 Å². The van der Waals surface area contributed by atoms with E-state index in [1.165, 1.54) is 21.4 Å². The fourth-order valence-electron chi connectivity index (χ4n) is 3.33. The summed E-state index contributed by atoms with van der Waals surface area (Å²) in [7, 11) is 0. The molecule has 2 heterocycles. The van der Waals surface area contributed by atoms with E-state index in [9.17, 15) is 0 Å². The van der Waals surface area contributed by atoms with Crippen molar-refractivity contribution in [1.82, 2.24) is 10.3 Å². The van der Waals surface area contributed by atoms with E-state index in [2.05, 4.69) is 82.6 Å². The maximum atomic E-state index is 5.53. The van der Waals surface area contributed by atoms with Gasteiger partial charge in [0.05, 0.1) is 0 Å². The summed E-state index contributed by atoms with van der Waals surface area (Å²) < 4.78 is 0. The first-order valence-electron chi connectivity index (χ1n) is 8.91. The van der Waals surface area contributed by atoms with Crippen LogP contribution in [0.3, 0.4) is 0 Å². The van der Waals surface area contributed by atoms with Crippen molar-refractivity contribution in [3.63, 3.8) is 0 Å². The number of anilines is 1. The molecule has 3 N–H and O–H groups in total. The van der Waals surface area contributed by atoms with E-state index in [-0.39, 0.29) is 5.92 Å². The van der Waals surface area contributed by atoms with Crippen LogP contribution >= 0.6 is 23.6 Å². The van der Waals surface area contributed by atoms with Gasteiger partial charge in [0.1, 0.15) is 0 Å². The highest BCUT2D eigenvalue weighted by atomic mass is 32.1. The molecule has 4 rings (SSSR count). The zero-order chi connectivity index (χ0) is 18.6. The molecule has 5 heteroatoms. The standard InChI is InChI=1S/C22H21N3S2/c1-15-6-4-7-16(12-15)25-22(26)24-14-19(21-10-5-11-27-21)18-13-23-20-9-3-2-8-17(18)20/h2-13,19,23H,14H2,1H3,(H2,24,25,26)/t19-/m0/s1. The van der Waals surface area contributed by atoms with Crippen LogP contribution in [0.4, 0.5) is 5.69 Å². The highest BCUT2D eigenvalue weighted by Crippen LogP contribution is 2.32. The van der Waals surface area contributed by atoms with Gasteiger partial charge in [-0.2, -0.15) is 0 Å². The normalized spacial score (nSPS) is 12.0. The minimum Gasteiger partial charge on any atom is -0.361 e. The molecule has 0 bridgehead atoms. The quantitative estimate of drug-likeness (QED) is 0.385. The molecule has 0 aliphatic carbocycles. The van der Waals surface area contributed by atoms with Crippen molar-refractivity contribution in [3.05, 3.63) is 88.2 Å². The monoisotopic (exact) mass is 391 g/mol. The third kappa shape index (κ3) is 4.04. The van der Waals surface area contributed by atoms with Crippen molar-refractivity contribution in [2.24, 2.45) is 0 Å². The Balaban J connectivity index is 1.53. The summed E-state index contributed by atoms with van der Waals surface area (Å²) in [6.07, 6.45) is 2.12. The van der Waals surface area contributed by atoms with Gasteiger partial charge in [-0.25, -0.2) is 0 Å². The molecule has 0 aliphatic heterocycles. The minimum atomic E-state index is 0.235. The first-order valence-corrected chi connectivity index (χ1v) is 10.2. The predicted molar refractivity (Wildman–Crippen MR) is 120 cm³/mol. The van der Waals surface area contributed by atoms with E-state index in [0.717, 1.165) is 17.7 Å². The number of thiophene rings is 1. The molecule has 0 saturated heterocycles. The third-order valence-corrected chi connectivity index (χ3v) is 5.86. The Morgan fingerprint density at radius 2 is 2.00 bits per heavy atom. The number of fused-ring (bicyclic) bond motifs is 1. The molecule has 0 spiro atoms. The van der Waals surface area contributed by atoms with Gasteiger partial charge in [0.25, 0.3) is 0 Å². The summed E-state index contributed by atoms with van der Waals surface area (Å²) in [5.74, 6) is 0.235. The second-order valence-electron chi connectivity index (χ2n) is 6.56. The molecule has 0 aliphatic rings. The van der Waals surface area contributed by atoms with Crippen molar-refractivity contribution in [2.75, 3.05) is 11.9 Å². The van der Waals surface area contributed by atoms with Gasteiger partial charge in [-0.15, -0.1) is 11.3 Å². The number of rotatable bonds is 5. The number of benzene rings is 2. The number of thiocarbonyl (C=S) groups is 1. The molecule has 4 aromatic rings. The highest BCUT2D eigenvalue weighted by molar-refractivity contribution is 7.80. The van der Waals surface area contributed by atoms with Crippen LogP contribution in [-0.4, -0.2) is 16.6 Å². The Kier molecular flexibility index (Phi) is 5.23. The maximum Gasteiger partial charge on any atom is 0.170 e. The number of aryl methyl sites for hydroxylation is 1. The van der Waals surface area contributed by atoms with E-state index in [1.807, 2.05) is 12.1 Å². The zero-order valence-electron chi connectivity index (χ0n) is 15.0. The second-order valence-corrected chi connectivity index (χ2v) is 7.95. The van der Waals surface area contributed by atoms with Crippen LogP contribution in [0.15, 0.2) is 72.2 Å². The summed E-state index contributed by atoms with van der Waals surface area (Å²) in [6, 6.07) is 20.9. The van der Waals surface area contributed by atoms with Crippen LogP contribution in [0.25, 0.3) is 10.9 Å². The van der Waals surface area contributed by atoms with Crippen LogP contribution < -0.4 is 10.6 Å². The topological polar surface area (TPSA) is 39.8 Å². The molecule has 1 atom stereocenters. The summed E-state index contributed by atoms with van der Waals surface area (Å²) in [4.78, 5) is 4.72. The average Bonchev–Trinajstić information content (AvgIpc) is 3.33. The maximum absolute atomic E-state index is 5.53. The van der Waals surface area contributed by atoms with Gasteiger partial charge in [0.15, 0.2) is 5.11 Å². The van der Waals surface area contributed by atoms with Crippen LogP contribution in [0.2, 0.25) is 0 Å². The van der Waals surface area contributed by atoms with Gasteiger partial charge in [0.2, 0.25) is 0 Å². The molecule has 136 valence electrons. The summed E-state index contributed by atoms with van der Waals surface area (Å²) in [5, 5.41) is 10.7. The van der Waals surface area contributed by atoms with Crippen molar-refractivity contribution in [1.29, 1.82) is 0 Å². The van der Waals surface area contributed by atoms with Gasteiger partial charge < -0.3 is 15.6 Å². The number of nitrogens with one attached hydrogen (secondary N) is 3. The number of aromatic amines is 1. The lowest BCUT2D eigenvalue weighted by Crippen LogP contribution is -2.32. The Hall–Kier alpha value is -2.63. The van der Waals surface area contributed by atoms with Gasteiger partial charge in [0, 0.05) is 40.1 Å². The smallest absolute Gasteiger partial charge is 0.170 e. The first kappa shape index (κ1) is 17.8. The van der Waals surface area contributed by atoms with E-state index < -0.39 is 0 Å². The van der Waals surface area contributed by atoms with Crippen LogP contribution in [0, 0.1) is 6.92 Å². The molecule has 2 aromatic carbocycles. The number of hydrogen-bond donors (Lipinski definition) is 3. The lowest BCUT2D eigenvalue weighted by molar-refractivity contribution is 0.778. The lowest BCUT2D eigenvalue weighted by atomic mass is 9.97. The molecular formula is C22H21N3S2. The van der Waals surface area contributed by atoms with Gasteiger partial charge in [-0.3, -0.25) is 0 Å². The van der Waals surface area contributed by atoms with Crippen LogP contribution in [0.1, 0.15) is 21.9 Å². The molecule has 3 nitrogen and oxygen atoms in total. The largest absolute Gasteiger partial charge is 0.361 e. The predicted octanol–water partition coefficient (Wildman–Crippen LogP) is 5.66. The molecule has 0 amide bonds. The van der Waals surface area contributed by atoms with Crippen LogP contribution in [0.5, 0.6) is 0 Å².